The summed E-state index contributed by atoms with van der Waals surface area (Å²) in [7, 11) is -1.96. The van der Waals surface area contributed by atoms with Crippen LogP contribution in [0.5, 0.6) is 0 Å². The Labute approximate surface area is 192 Å². The number of thiazole rings is 1. The van der Waals surface area contributed by atoms with Gasteiger partial charge in [-0.1, -0.05) is 36.2 Å². The minimum Gasteiger partial charge on any atom is -0.305 e. The quantitative estimate of drug-likeness (QED) is 0.534. The van der Waals surface area contributed by atoms with Gasteiger partial charge in [0.1, 0.15) is 0 Å². The van der Waals surface area contributed by atoms with E-state index in [9.17, 15) is 13.2 Å². The summed E-state index contributed by atoms with van der Waals surface area (Å²) in [6.07, 6.45) is 9.40. The number of hydrogen-bond donors (Lipinski definition) is 0. The zero-order chi connectivity index (χ0) is 22.9. The second-order valence-corrected chi connectivity index (χ2v) is 11.1. The molecule has 0 bridgehead atoms. The van der Waals surface area contributed by atoms with Gasteiger partial charge in [-0.3, -0.25) is 4.79 Å². The van der Waals surface area contributed by atoms with E-state index in [0.29, 0.717) is 16.9 Å². The first-order chi connectivity index (χ1) is 15.3. The van der Waals surface area contributed by atoms with Gasteiger partial charge in [-0.15, -0.1) is 6.42 Å². The molecule has 0 radical (unpaired) electrons. The van der Waals surface area contributed by atoms with Gasteiger partial charge in [0.05, 0.1) is 21.7 Å². The minimum absolute atomic E-state index is 0.0412. The molecule has 1 amide bonds. The van der Waals surface area contributed by atoms with Gasteiger partial charge in [0, 0.05) is 18.7 Å². The van der Waals surface area contributed by atoms with Crippen LogP contribution in [0.3, 0.4) is 0 Å². The van der Waals surface area contributed by atoms with E-state index < -0.39 is 15.9 Å². The van der Waals surface area contributed by atoms with Crippen molar-refractivity contribution in [1.29, 1.82) is 0 Å². The van der Waals surface area contributed by atoms with Crippen LogP contribution in [0.2, 0.25) is 0 Å². The summed E-state index contributed by atoms with van der Waals surface area (Å²) in [4.78, 5) is 17.8. The van der Waals surface area contributed by atoms with Crippen molar-refractivity contribution in [2.75, 3.05) is 7.05 Å². The molecule has 3 aromatic rings. The number of carbonyl (C=O) groups excluding carboxylic acids is 1. The van der Waals surface area contributed by atoms with Crippen molar-refractivity contribution in [3.8, 4) is 12.3 Å². The number of rotatable bonds is 5. The molecular formula is C24H25N3O3S2. The highest BCUT2D eigenvalue weighted by atomic mass is 32.2. The molecule has 1 aliphatic rings. The molecule has 0 N–H and O–H groups in total. The Morgan fingerprint density at radius 2 is 1.91 bits per heavy atom. The first-order valence-corrected chi connectivity index (χ1v) is 12.8. The molecule has 0 aliphatic heterocycles. The van der Waals surface area contributed by atoms with Crippen molar-refractivity contribution < 1.29 is 13.2 Å². The van der Waals surface area contributed by atoms with Crippen LogP contribution >= 0.6 is 11.3 Å². The normalized spacial score (nSPS) is 15.5. The molecular weight excluding hydrogens is 442 g/mol. The standard InChI is InChI=1S/C24H25N3O3S2/c1-4-15-27-21-14-9-17(2)16-22(21)31-24(27)25-23(28)18-10-12-20(13-11-18)32(29,30)26(3)19-7-5-6-8-19/h1,9-14,16,19H,5-8,15H2,2-3H3. The molecule has 1 aliphatic carbocycles. The van der Waals surface area contributed by atoms with E-state index >= 15 is 0 Å². The maximum atomic E-state index is 12.9. The Hall–Kier alpha value is -2.73. The van der Waals surface area contributed by atoms with Crippen LogP contribution in [0.1, 0.15) is 41.6 Å². The van der Waals surface area contributed by atoms with E-state index in [2.05, 4.69) is 10.9 Å². The maximum Gasteiger partial charge on any atom is 0.279 e. The number of terminal acetylenes is 1. The molecule has 1 aromatic heterocycles. The van der Waals surface area contributed by atoms with Gasteiger partial charge in [0.15, 0.2) is 4.80 Å². The number of hydrogen-bond acceptors (Lipinski definition) is 4. The fourth-order valence-corrected chi connectivity index (χ4v) is 6.60. The highest BCUT2D eigenvalue weighted by Gasteiger charge is 2.30. The first-order valence-electron chi connectivity index (χ1n) is 10.5. The predicted octanol–water partition coefficient (Wildman–Crippen LogP) is 3.95. The molecule has 0 saturated heterocycles. The zero-order valence-corrected chi connectivity index (χ0v) is 19.7. The molecule has 1 fully saturated rings. The average Bonchev–Trinajstić information content (AvgIpc) is 3.42. The minimum atomic E-state index is -3.59. The van der Waals surface area contributed by atoms with E-state index in [1.807, 2.05) is 29.7 Å². The van der Waals surface area contributed by atoms with Crippen molar-refractivity contribution >= 4 is 37.5 Å². The lowest BCUT2D eigenvalue weighted by molar-refractivity contribution is 0.0998. The number of carbonyl (C=O) groups is 1. The number of amides is 1. The van der Waals surface area contributed by atoms with Crippen LogP contribution in [0.4, 0.5) is 0 Å². The fourth-order valence-electron chi connectivity index (χ4n) is 4.06. The lowest BCUT2D eigenvalue weighted by Gasteiger charge is -2.23. The molecule has 0 atom stereocenters. The van der Waals surface area contributed by atoms with Gasteiger partial charge >= 0.3 is 0 Å². The fraction of sp³-hybridized carbons (Fsp3) is 0.333. The van der Waals surface area contributed by atoms with Crippen LogP contribution in [-0.2, 0) is 16.6 Å². The predicted molar refractivity (Wildman–Crippen MR) is 127 cm³/mol. The number of benzene rings is 2. The molecule has 0 spiro atoms. The second kappa shape index (κ2) is 9.02. The van der Waals surface area contributed by atoms with Gasteiger partial charge in [-0.25, -0.2) is 8.42 Å². The summed E-state index contributed by atoms with van der Waals surface area (Å²) in [5.74, 6) is 2.18. The van der Waals surface area contributed by atoms with Crippen LogP contribution < -0.4 is 4.80 Å². The van der Waals surface area contributed by atoms with Crippen molar-refractivity contribution in [2.45, 2.75) is 50.1 Å². The summed E-state index contributed by atoms with van der Waals surface area (Å²) in [5.41, 5.74) is 2.37. The molecule has 1 heterocycles. The van der Waals surface area contributed by atoms with E-state index in [0.717, 1.165) is 41.5 Å². The van der Waals surface area contributed by atoms with Crippen molar-refractivity contribution in [2.24, 2.45) is 4.99 Å². The topological polar surface area (TPSA) is 71.7 Å². The Bertz CT molecular complexity index is 1370. The molecule has 32 heavy (non-hydrogen) atoms. The third-order valence-corrected chi connectivity index (χ3v) is 8.87. The molecule has 6 nitrogen and oxygen atoms in total. The molecule has 1 saturated carbocycles. The molecule has 0 unspecified atom stereocenters. The highest BCUT2D eigenvalue weighted by Crippen LogP contribution is 2.27. The number of aryl methyl sites for hydroxylation is 1. The number of sulfonamides is 1. The van der Waals surface area contributed by atoms with Crippen LogP contribution in [0.15, 0.2) is 52.4 Å². The van der Waals surface area contributed by atoms with E-state index in [4.69, 9.17) is 6.42 Å². The number of nitrogens with zero attached hydrogens (tertiary/aromatic N) is 3. The van der Waals surface area contributed by atoms with E-state index in [-0.39, 0.29) is 10.9 Å². The molecule has 4 rings (SSSR count). The smallest absolute Gasteiger partial charge is 0.279 e. The molecule has 2 aromatic carbocycles. The first kappa shape index (κ1) is 22.5. The summed E-state index contributed by atoms with van der Waals surface area (Å²) in [6.45, 7) is 2.31. The van der Waals surface area contributed by atoms with Gasteiger partial charge in [-0.2, -0.15) is 9.30 Å². The maximum absolute atomic E-state index is 12.9. The van der Waals surface area contributed by atoms with Crippen molar-refractivity contribution in [3.63, 3.8) is 0 Å². The van der Waals surface area contributed by atoms with Crippen LogP contribution in [0.25, 0.3) is 10.2 Å². The van der Waals surface area contributed by atoms with E-state index in [1.165, 1.54) is 39.9 Å². The Morgan fingerprint density at radius 3 is 2.56 bits per heavy atom. The lowest BCUT2D eigenvalue weighted by Crippen LogP contribution is -2.35. The Morgan fingerprint density at radius 1 is 1.22 bits per heavy atom. The third-order valence-electron chi connectivity index (χ3n) is 5.90. The van der Waals surface area contributed by atoms with Gasteiger partial charge in [0.25, 0.3) is 5.91 Å². The summed E-state index contributed by atoms with van der Waals surface area (Å²) >= 11 is 1.40. The van der Waals surface area contributed by atoms with Crippen LogP contribution in [-0.4, -0.2) is 36.3 Å². The Balaban J connectivity index is 1.64. The Kier molecular flexibility index (Phi) is 6.33. The second-order valence-electron chi connectivity index (χ2n) is 8.05. The van der Waals surface area contributed by atoms with Crippen molar-refractivity contribution in [3.05, 3.63) is 58.4 Å². The summed E-state index contributed by atoms with van der Waals surface area (Å²) in [5, 5.41) is 0. The van der Waals surface area contributed by atoms with Gasteiger partial charge < -0.3 is 4.57 Å². The zero-order valence-electron chi connectivity index (χ0n) is 18.1. The SMILES string of the molecule is C#CCn1c(=NC(=O)c2ccc(S(=O)(=O)N(C)C3CCCC3)cc2)sc2cc(C)ccc21. The summed E-state index contributed by atoms with van der Waals surface area (Å²) < 4.78 is 30.2. The molecule has 8 heteroatoms. The number of aromatic nitrogens is 1. The lowest BCUT2D eigenvalue weighted by atomic mass is 10.2. The molecule has 166 valence electrons. The van der Waals surface area contributed by atoms with Crippen molar-refractivity contribution in [1.82, 2.24) is 8.87 Å². The highest BCUT2D eigenvalue weighted by molar-refractivity contribution is 7.89. The largest absolute Gasteiger partial charge is 0.305 e. The monoisotopic (exact) mass is 467 g/mol. The summed E-state index contributed by atoms with van der Waals surface area (Å²) in [6, 6.07) is 12.0. The van der Waals surface area contributed by atoms with Gasteiger partial charge in [-0.05, 0) is 61.7 Å². The van der Waals surface area contributed by atoms with Gasteiger partial charge in [0.2, 0.25) is 10.0 Å². The van der Waals surface area contributed by atoms with E-state index in [1.54, 1.807) is 7.05 Å². The third kappa shape index (κ3) is 4.29. The average molecular weight is 468 g/mol. The van der Waals surface area contributed by atoms with Crippen LogP contribution in [0, 0.1) is 19.3 Å². The number of fused-ring (bicyclic) bond motifs is 1.